The molecule has 4 heteroatoms. The summed E-state index contributed by atoms with van der Waals surface area (Å²) in [4.78, 5) is 0. The van der Waals surface area contributed by atoms with E-state index in [1.165, 1.54) is 32.1 Å². The van der Waals surface area contributed by atoms with Gasteiger partial charge in [0.1, 0.15) is 5.75 Å². The summed E-state index contributed by atoms with van der Waals surface area (Å²) in [7, 11) is 0. The molecule has 134 valence electrons. The van der Waals surface area contributed by atoms with E-state index in [0.29, 0.717) is 5.56 Å². The van der Waals surface area contributed by atoms with Gasteiger partial charge in [0, 0.05) is 5.56 Å². The molecule has 4 nitrogen and oxygen atoms in total. The third-order valence-corrected chi connectivity index (χ3v) is 4.24. The zero-order valence-corrected chi connectivity index (χ0v) is 14.9. The summed E-state index contributed by atoms with van der Waals surface area (Å²) in [6.07, 6.45) is 7.61. The van der Waals surface area contributed by atoms with Gasteiger partial charge in [0.2, 0.25) is 0 Å². The van der Waals surface area contributed by atoms with E-state index in [9.17, 15) is 0 Å². The van der Waals surface area contributed by atoms with E-state index in [1.54, 1.807) is 0 Å². The maximum Gasteiger partial charge on any atom is 0.170 e. The number of benzene rings is 2. The normalized spacial score (nSPS) is 11.5. The van der Waals surface area contributed by atoms with Crippen molar-refractivity contribution in [2.45, 2.75) is 45.4 Å². The molecule has 0 aliphatic carbocycles. The third-order valence-electron chi connectivity index (χ3n) is 4.24. The second kappa shape index (κ2) is 10.4. The number of unbranched alkanes of at least 4 members (excludes halogenated alkanes) is 5. The standard InChI is InChI=1S/C21H28N2O2/c1-2-3-4-5-6-7-16-25-20-14-12-18(13-15-20)17-8-10-19(11-9-17)21(22)23-24/h8-15,24H,2-7,16H2,1H3,(H2,22,23). The second-order valence-electron chi connectivity index (χ2n) is 6.20. The van der Waals surface area contributed by atoms with Crippen molar-refractivity contribution < 1.29 is 9.94 Å². The summed E-state index contributed by atoms with van der Waals surface area (Å²) in [6.45, 7) is 3.01. The molecule has 3 N–H and O–H groups in total. The van der Waals surface area contributed by atoms with Crippen LogP contribution < -0.4 is 10.5 Å². The minimum absolute atomic E-state index is 0.116. The van der Waals surface area contributed by atoms with E-state index >= 15 is 0 Å². The van der Waals surface area contributed by atoms with Gasteiger partial charge < -0.3 is 15.7 Å². The summed E-state index contributed by atoms with van der Waals surface area (Å²) in [5.41, 5.74) is 8.47. The van der Waals surface area contributed by atoms with Gasteiger partial charge in [0.25, 0.3) is 0 Å². The van der Waals surface area contributed by atoms with Gasteiger partial charge in [-0.05, 0) is 29.7 Å². The highest BCUT2D eigenvalue weighted by Gasteiger charge is 2.02. The topological polar surface area (TPSA) is 67.8 Å². The summed E-state index contributed by atoms with van der Waals surface area (Å²) >= 11 is 0. The van der Waals surface area contributed by atoms with Crippen LogP contribution in [0.5, 0.6) is 5.75 Å². The number of hydrogen-bond acceptors (Lipinski definition) is 3. The lowest BCUT2D eigenvalue weighted by atomic mass is 10.0. The Morgan fingerprint density at radius 1 is 0.880 bits per heavy atom. The van der Waals surface area contributed by atoms with Gasteiger partial charge >= 0.3 is 0 Å². The molecule has 0 atom stereocenters. The van der Waals surface area contributed by atoms with Crippen molar-refractivity contribution in [3.05, 3.63) is 54.1 Å². The van der Waals surface area contributed by atoms with E-state index in [4.69, 9.17) is 15.7 Å². The molecule has 2 aromatic rings. The second-order valence-corrected chi connectivity index (χ2v) is 6.20. The van der Waals surface area contributed by atoms with Crippen molar-refractivity contribution in [3.8, 4) is 16.9 Å². The number of nitrogens with zero attached hydrogens (tertiary/aromatic N) is 1. The number of nitrogens with two attached hydrogens (primary N) is 1. The molecule has 25 heavy (non-hydrogen) atoms. The molecule has 0 amide bonds. The van der Waals surface area contributed by atoms with Crippen LogP contribution in [0.1, 0.15) is 51.0 Å². The van der Waals surface area contributed by atoms with E-state index in [-0.39, 0.29) is 5.84 Å². The predicted octanol–water partition coefficient (Wildman–Crippen LogP) is 5.19. The average molecular weight is 340 g/mol. The zero-order chi connectivity index (χ0) is 17.9. The summed E-state index contributed by atoms with van der Waals surface area (Å²) in [5, 5.41) is 11.7. The molecule has 0 radical (unpaired) electrons. The molecule has 0 aromatic heterocycles. The van der Waals surface area contributed by atoms with Crippen LogP contribution in [0.2, 0.25) is 0 Å². The first-order valence-corrected chi connectivity index (χ1v) is 9.05. The SMILES string of the molecule is CCCCCCCCOc1ccc(-c2ccc(C(N)=NO)cc2)cc1. The quantitative estimate of drug-likeness (QED) is 0.206. The Bertz CT molecular complexity index is 649. The Morgan fingerprint density at radius 2 is 1.44 bits per heavy atom. The van der Waals surface area contributed by atoms with Gasteiger partial charge in [-0.1, -0.05) is 80.6 Å². The van der Waals surface area contributed by atoms with Gasteiger partial charge in [-0.15, -0.1) is 0 Å². The van der Waals surface area contributed by atoms with Gasteiger partial charge in [-0.3, -0.25) is 0 Å². The van der Waals surface area contributed by atoms with E-state index in [2.05, 4.69) is 24.2 Å². The van der Waals surface area contributed by atoms with E-state index in [0.717, 1.165) is 29.9 Å². The summed E-state index contributed by atoms with van der Waals surface area (Å²) < 4.78 is 5.81. The average Bonchev–Trinajstić information content (AvgIpc) is 2.67. The summed E-state index contributed by atoms with van der Waals surface area (Å²) in [6, 6.07) is 15.7. The van der Waals surface area contributed by atoms with Crippen molar-refractivity contribution in [2.24, 2.45) is 10.9 Å². The Morgan fingerprint density at radius 3 is 2.04 bits per heavy atom. The molecule has 0 saturated heterocycles. The number of ether oxygens (including phenoxy) is 1. The van der Waals surface area contributed by atoms with Crippen molar-refractivity contribution in [3.63, 3.8) is 0 Å². The predicted molar refractivity (Wildman–Crippen MR) is 103 cm³/mol. The first kappa shape index (κ1) is 18.8. The molecule has 2 aromatic carbocycles. The molecule has 0 aliphatic heterocycles. The van der Waals surface area contributed by atoms with Gasteiger partial charge in [0.05, 0.1) is 6.61 Å². The van der Waals surface area contributed by atoms with E-state index in [1.807, 2.05) is 36.4 Å². The maximum atomic E-state index is 8.70. The lowest BCUT2D eigenvalue weighted by Gasteiger charge is -2.08. The Balaban J connectivity index is 1.81. The highest BCUT2D eigenvalue weighted by Crippen LogP contribution is 2.23. The molecule has 0 unspecified atom stereocenters. The number of oxime groups is 1. The highest BCUT2D eigenvalue weighted by molar-refractivity contribution is 5.97. The zero-order valence-electron chi connectivity index (χ0n) is 14.9. The number of hydrogen-bond donors (Lipinski definition) is 2. The molecule has 0 spiro atoms. The van der Waals surface area contributed by atoms with Gasteiger partial charge in [-0.2, -0.15) is 0 Å². The molecule has 0 bridgehead atoms. The van der Waals surface area contributed by atoms with Gasteiger partial charge in [-0.25, -0.2) is 0 Å². The van der Waals surface area contributed by atoms with Crippen molar-refractivity contribution in [1.82, 2.24) is 0 Å². The molecular formula is C21H28N2O2. The van der Waals surface area contributed by atoms with Crippen LogP contribution in [-0.2, 0) is 0 Å². The van der Waals surface area contributed by atoms with Crippen molar-refractivity contribution in [1.29, 1.82) is 0 Å². The smallest absolute Gasteiger partial charge is 0.170 e. The molecular weight excluding hydrogens is 312 g/mol. The summed E-state index contributed by atoms with van der Waals surface area (Å²) in [5.74, 6) is 1.02. The maximum absolute atomic E-state index is 8.70. The Hall–Kier alpha value is -2.49. The molecule has 0 fully saturated rings. The highest BCUT2D eigenvalue weighted by atomic mass is 16.5. The molecule has 0 heterocycles. The number of rotatable bonds is 10. The fraction of sp³-hybridized carbons (Fsp3) is 0.381. The Kier molecular flexibility index (Phi) is 7.83. The Labute approximate surface area is 150 Å². The molecule has 2 rings (SSSR count). The minimum atomic E-state index is 0.116. The third kappa shape index (κ3) is 6.14. The lowest BCUT2D eigenvalue weighted by molar-refractivity contribution is 0.304. The fourth-order valence-corrected chi connectivity index (χ4v) is 2.71. The first-order chi connectivity index (χ1) is 12.2. The van der Waals surface area contributed by atoms with Crippen molar-refractivity contribution >= 4 is 5.84 Å². The van der Waals surface area contributed by atoms with Crippen LogP contribution in [0.25, 0.3) is 11.1 Å². The van der Waals surface area contributed by atoms with Crippen LogP contribution in [0.4, 0.5) is 0 Å². The van der Waals surface area contributed by atoms with Crippen LogP contribution in [-0.4, -0.2) is 17.6 Å². The minimum Gasteiger partial charge on any atom is -0.494 e. The van der Waals surface area contributed by atoms with Crippen molar-refractivity contribution in [2.75, 3.05) is 6.61 Å². The first-order valence-electron chi connectivity index (χ1n) is 9.05. The van der Waals surface area contributed by atoms with Crippen LogP contribution in [0.15, 0.2) is 53.7 Å². The van der Waals surface area contributed by atoms with Crippen LogP contribution >= 0.6 is 0 Å². The molecule has 0 saturated carbocycles. The monoisotopic (exact) mass is 340 g/mol. The van der Waals surface area contributed by atoms with Crippen LogP contribution in [0.3, 0.4) is 0 Å². The lowest BCUT2D eigenvalue weighted by Crippen LogP contribution is -2.12. The van der Waals surface area contributed by atoms with E-state index < -0.39 is 0 Å². The van der Waals surface area contributed by atoms with Crippen LogP contribution in [0, 0.1) is 0 Å². The fourth-order valence-electron chi connectivity index (χ4n) is 2.71. The van der Waals surface area contributed by atoms with Gasteiger partial charge in [0.15, 0.2) is 5.84 Å². The molecule has 0 aliphatic rings. The number of amidine groups is 1. The largest absolute Gasteiger partial charge is 0.494 e.